The number of nitrogens with two attached hydrogens (primary N) is 1. The molecule has 0 atom stereocenters. The van der Waals surface area contributed by atoms with Gasteiger partial charge in [0.2, 0.25) is 15.2 Å². The van der Waals surface area contributed by atoms with E-state index in [1.54, 1.807) is 0 Å². The molecule has 30 heavy (non-hydrogen) atoms. The molecule has 4 rings (SSSR count). The highest BCUT2D eigenvalue weighted by Crippen LogP contribution is 2.28. The van der Waals surface area contributed by atoms with Gasteiger partial charge in [0, 0.05) is 10.9 Å². The fraction of sp³-hybridized carbons (Fsp3) is 0. The monoisotopic (exact) mass is 440 g/mol. The van der Waals surface area contributed by atoms with Crippen LogP contribution in [0.15, 0.2) is 82.3 Å². The largest absolute Gasteiger partial charge is 0.301 e. The van der Waals surface area contributed by atoms with Crippen molar-refractivity contribution in [2.24, 2.45) is 10.2 Å². The van der Waals surface area contributed by atoms with Gasteiger partial charge in [-0.15, -0.1) is 11.3 Å². The van der Waals surface area contributed by atoms with Gasteiger partial charge in [0.1, 0.15) is 0 Å². The first-order chi connectivity index (χ1) is 14.3. The van der Waals surface area contributed by atoms with E-state index < -0.39 is 15.9 Å². The van der Waals surface area contributed by atoms with Crippen LogP contribution in [-0.4, -0.2) is 25.0 Å². The SMILES string of the molecule is C=C1NN(c2nc(-c3ccccc3)cs2)C(=O)/C1=N/Nc1ccc(S(N)(=O)=O)cc1. The van der Waals surface area contributed by atoms with Gasteiger partial charge in [-0.05, 0) is 24.3 Å². The Morgan fingerprint density at radius 3 is 2.50 bits per heavy atom. The van der Waals surface area contributed by atoms with Crippen LogP contribution in [0.1, 0.15) is 0 Å². The number of rotatable bonds is 5. The number of hydrazine groups is 1. The molecule has 0 saturated carbocycles. The molecule has 1 saturated heterocycles. The number of carbonyl (C=O) groups is 1. The van der Waals surface area contributed by atoms with Crippen molar-refractivity contribution in [3.05, 3.63) is 72.3 Å². The first-order valence-corrected chi connectivity index (χ1v) is 11.0. The summed E-state index contributed by atoms with van der Waals surface area (Å²) in [6, 6.07) is 15.3. The summed E-state index contributed by atoms with van der Waals surface area (Å²) in [5, 5.41) is 12.8. The Morgan fingerprint density at radius 2 is 1.83 bits per heavy atom. The molecule has 0 spiro atoms. The molecule has 1 aliphatic rings. The molecule has 0 radical (unpaired) electrons. The second-order valence-corrected chi connectivity index (χ2v) is 8.65. The van der Waals surface area contributed by atoms with Gasteiger partial charge in [0.15, 0.2) is 5.71 Å². The lowest BCUT2D eigenvalue weighted by atomic mass is 10.2. The third-order valence-corrected chi connectivity index (χ3v) is 5.93. The molecular weight excluding hydrogens is 424 g/mol. The Balaban J connectivity index is 1.51. The van der Waals surface area contributed by atoms with Crippen molar-refractivity contribution in [1.82, 2.24) is 10.4 Å². The summed E-state index contributed by atoms with van der Waals surface area (Å²) in [5.74, 6) is -0.414. The molecule has 1 aromatic heterocycles. The molecule has 0 bridgehead atoms. The van der Waals surface area contributed by atoms with E-state index >= 15 is 0 Å². The third kappa shape index (κ3) is 3.94. The third-order valence-electron chi connectivity index (χ3n) is 4.17. The minimum absolute atomic E-state index is 0.0205. The van der Waals surface area contributed by atoms with E-state index in [-0.39, 0.29) is 10.6 Å². The smallest absolute Gasteiger partial charge is 0.287 e. The van der Waals surface area contributed by atoms with Gasteiger partial charge in [0.05, 0.1) is 22.0 Å². The highest BCUT2D eigenvalue weighted by molar-refractivity contribution is 7.89. The number of nitrogens with zero attached hydrogens (tertiary/aromatic N) is 3. The molecule has 11 heteroatoms. The van der Waals surface area contributed by atoms with E-state index in [2.05, 4.69) is 27.5 Å². The normalized spacial score (nSPS) is 15.5. The molecule has 1 amide bonds. The minimum Gasteiger partial charge on any atom is -0.287 e. The Labute approximate surface area is 176 Å². The molecule has 1 aliphatic heterocycles. The van der Waals surface area contributed by atoms with Crippen molar-refractivity contribution in [2.75, 3.05) is 10.4 Å². The Bertz CT molecular complexity index is 1250. The minimum atomic E-state index is -3.78. The van der Waals surface area contributed by atoms with Gasteiger partial charge >= 0.3 is 5.91 Å². The number of nitrogens with one attached hydrogen (secondary N) is 2. The summed E-state index contributed by atoms with van der Waals surface area (Å²) in [6.07, 6.45) is 0. The Morgan fingerprint density at radius 1 is 1.13 bits per heavy atom. The lowest BCUT2D eigenvalue weighted by Crippen LogP contribution is -2.34. The van der Waals surface area contributed by atoms with Crippen molar-refractivity contribution >= 4 is 43.8 Å². The number of amides is 1. The van der Waals surface area contributed by atoms with Crippen LogP contribution in [0.25, 0.3) is 11.3 Å². The zero-order valence-electron chi connectivity index (χ0n) is 15.4. The first kappa shape index (κ1) is 19.8. The van der Waals surface area contributed by atoms with Gasteiger partial charge in [-0.25, -0.2) is 18.5 Å². The highest BCUT2D eigenvalue weighted by Gasteiger charge is 2.34. The van der Waals surface area contributed by atoms with Crippen LogP contribution in [0.5, 0.6) is 0 Å². The molecule has 9 nitrogen and oxygen atoms in total. The second kappa shape index (κ2) is 7.71. The van der Waals surface area contributed by atoms with E-state index in [1.165, 1.54) is 40.6 Å². The van der Waals surface area contributed by atoms with Gasteiger partial charge in [-0.3, -0.25) is 15.6 Å². The maximum Gasteiger partial charge on any atom is 0.301 e. The molecule has 3 aromatic rings. The van der Waals surface area contributed by atoms with Gasteiger partial charge < -0.3 is 0 Å². The van der Waals surface area contributed by atoms with E-state index in [9.17, 15) is 13.2 Å². The molecule has 0 aliphatic carbocycles. The van der Waals surface area contributed by atoms with Crippen LogP contribution in [-0.2, 0) is 14.8 Å². The van der Waals surface area contributed by atoms with Crippen molar-refractivity contribution in [3.63, 3.8) is 0 Å². The molecule has 1 fully saturated rings. The molecule has 152 valence electrons. The number of hydrogen-bond donors (Lipinski definition) is 3. The van der Waals surface area contributed by atoms with Crippen LogP contribution in [0.4, 0.5) is 10.8 Å². The average molecular weight is 441 g/mol. The van der Waals surface area contributed by atoms with Crippen LogP contribution < -0.4 is 21.0 Å². The number of anilines is 2. The Kier molecular flexibility index (Phi) is 5.08. The van der Waals surface area contributed by atoms with Crippen molar-refractivity contribution in [2.45, 2.75) is 4.90 Å². The summed E-state index contributed by atoms with van der Waals surface area (Å²) in [7, 11) is -3.78. The van der Waals surface area contributed by atoms with E-state index in [0.29, 0.717) is 16.5 Å². The van der Waals surface area contributed by atoms with Crippen LogP contribution in [0, 0.1) is 0 Å². The van der Waals surface area contributed by atoms with Crippen LogP contribution in [0.2, 0.25) is 0 Å². The molecule has 2 heterocycles. The second-order valence-electron chi connectivity index (χ2n) is 6.25. The summed E-state index contributed by atoms with van der Waals surface area (Å²) in [5.41, 5.74) is 8.17. The van der Waals surface area contributed by atoms with E-state index in [4.69, 9.17) is 5.14 Å². The van der Waals surface area contributed by atoms with Gasteiger partial charge in [0.25, 0.3) is 0 Å². The number of primary sulfonamides is 1. The fourth-order valence-electron chi connectivity index (χ4n) is 2.67. The van der Waals surface area contributed by atoms with Gasteiger partial charge in [-0.2, -0.15) is 10.1 Å². The number of aromatic nitrogens is 1. The van der Waals surface area contributed by atoms with Crippen molar-refractivity contribution in [1.29, 1.82) is 0 Å². The maximum absolute atomic E-state index is 12.8. The molecular formula is C19H16N6O3S2. The quantitative estimate of drug-likeness (QED) is 0.522. The predicted octanol–water partition coefficient (Wildman–Crippen LogP) is 2.29. The molecule has 0 unspecified atom stereocenters. The molecule has 4 N–H and O–H groups in total. The lowest BCUT2D eigenvalue weighted by Gasteiger charge is -2.10. The summed E-state index contributed by atoms with van der Waals surface area (Å²) in [6.45, 7) is 3.82. The predicted molar refractivity (Wildman–Crippen MR) is 116 cm³/mol. The number of hydrazone groups is 1. The van der Waals surface area contributed by atoms with E-state index in [0.717, 1.165) is 11.3 Å². The number of benzene rings is 2. The number of sulfonamides is 1. The maximum atomic E-state index is 12.8. The Hall–Kier alpha value is -3.54. The fourth-order valence-corrected chi connectivity index (χ4v) is 3.98. The highest BCUT2D eigenvalue weighted by atomic mass is 32.2. The first-order valence-electron chi connectivity index (χ1n) is 8.61. The van der Waals surface area contributed by atoms with E-state index in [1.807, 2.05) is 35.7 Å². The number of hydrogen-bond acceptors (Lipinski definition) is 8. The standard InChI is InChI=1S/C19H16N6O3S2/c1-12-17(23-22-14-7-9-15(10-8-14)30(20,27)28)18(26)25(24-12)19-21-16(11-29-19)13-5-3-2-4-6-13/h2-11,22,24H,1H2,(H2,20,27,28)/b23-17+. The van der Waals surface area contributed by atoms with Gasteiger partial charge in [-0.1, -0.05) is 36.9 Å². The zero-order valence-corrected chi connectivity index (χ0v) is 17.1. The number of carbonyl (C=O) groups excluding carboxylic acids is 1. The average Bonchev–Trinajstić information content (AvgIpc) is 3.32. The van der Waals surface area contributed by atoms with Crippen molar-refractivity contribution in [3.8, 4) is 11.3 Å². The topological polar surface area (TPSA) is 130 Å². The molecule has 2 aromatic carbocycles. The lowest BCUT2D eigenvalue weighted by molar-refractivity contribution is -0.112. The van der Waals surface area contributed by atoms with Crippen LogP contribution >= 0.6 is 11.3 Å². The summed E-state index contributed by atoms with van der Waals surface area (Å²) >= 11 is 1.31. The van der Waals surface area contributed by atoms with Crippen molar-refractivity contribution < 1.29 is 13.2 Å². The van der Waals surface area contributed by atoms with Crippen LogP contribution in [0.3, 0.4) is 0 Å². The number of thiazole rings is 1. The zero-order chi connectivity index (χ0) is 21.3. The summed E-state index contributed by atoms with van der Waals surface area (Å²) < 4.78 is 22.6. The summed E-state index contributed by atoms with van der Waals surface area (Å²) in [4.78, 5) is 17.3.